The van der Waals surface area contributed by atoms with Crippen molar-refractivity contribution in [1.82, 2.24) is 5.32 Å². The first-order valence-electron chi connectivity index (χ1n) is 3.85. The van der Waals surface area contributed by atoms with E-state index < -0.39 is 13.7 Å². The topological polar surface area (TPSA) is 95.9 Å². The Kier molecular flexibility index (Phi) is 5.70. The van der Waals surface area contributed by atoms with Gasteiger partial charge in [-0.05, 0) is 12.8 Å². The van der Waals surface area contributed by atoms with Gasteiger partial charge in [-0.15, -0.1) is 0 Å². The number of carbonyl (C=O) groups excluding carboxylic acids is 1. The third kappa shape index (κ3) is 9.33. The first-order chi connectivity index (χ1) is 5.95. The predicted octanol–water partition coefficient (Wildman–Crippen LogP) is 0.300. The lowest BCUT2D eigenvalue weighted by molar-refractivity contribution is 0.147. The minimum atomic E-state index is -3.89. The number of rotatable bonds is 5. The molecule has 1 amide bonds. The molecule has 0 saturated heterocycles. The van der Waals surface area contributed by atoms with Gasteiger partial charge in [0.2, 0.25) is 0 Å². The van der Waals surface area contributed by atoms with Gasteiger partial charge in [-0.1, -0.05) is 0 Å². The molecule has 13 heavy (non-hydrogen) atoms. The van der Waals surface area contributed by atoms with Crippen LogP contribution in [0.3, 0.4) is 0 Å². The zero-order chi connectivity index (χ0) is 10.3. The van der Waals surface area contributed by atoms with E-state index in [0.717, 1.165) is 0 Å². The largest absolute Gasteiger partial charge is 0.450 e. The van der Waals surface area contributed by atoms with E-state index in [0.29, 0.717) is 12.8 Å². The number of carbonyl (C=O) groups is 1. The molecule has 0 aliphatic rings. The highest BCUT2D eigenvalue weighted by Gasteiger charge is 2.11. The predicted molar refractivity (Wildman–Crippen MR) is 46.6 cm³/mol. The number of ether oxygens (including phenoxy) is 1. The second kappa shape index (κ2) is 5.96. The van der Waals surface area contributed by atoms with Gasteiger partial charge in [0, 0.05) is 13.2 Å². The maximum Gasteiger partial charge on any atom is 0.406 e. The van der Waals surface area contributed by atoms with E-state index >= 15 is 0 Å². The van der Waals surface area contributed by atoms with E-state index in [1.165, 1.54) is 7.05 Å². The van der Waals surface area contributed by atoms with Gasteiger partial charge in [-0.25, -0.2) is 4.79 Å². The standard InChI is InChI=1S/C6H14NO5P/c1-7-6(8)12-4-2-3-5-13(9,10)11/h2-5H2,1H3,(H,7,8)(H2,9,10,11). The summed E-state index contributed by atoms with van der Waals surface area (Å²) in [5, 5.41) is 2.26. The molecule has 0 atom stereocenters. The van der Waals surface area contributed by atoms with Gasteiger partial charge >= 0.3 is 13.7 Å². The van der Waals surface area contributed by atoms with E-state index in [1.54, 1.807) is 0 Å². The monoisotopic (exact) mass is 211 g/mol. The summed E-state index contributed by atoms with van der Waals surface area (Å²) in [5.74, 6) is 0. The zero-order valence-corrected chi connectivity index (χ0v) is 8.29. The highest BCUT2D eigenvalue weighted by molar-refractivity contribution is 7.51. The lowest BCUT2D eigenvalue weighted by Crippen LogP contribution is -2.19. The van der Waals surface area contributed by atoms with Gasteiger partial charge in [0.15, 0.2) is 0 Å². The van der Waals surface area contributed by atoms with Crippen LogP contribution in [0.1, 0.15) is 12.8 Å². The normalized spacial score (nSPS) is 11.0. The number of nitrogens with one attached hydrogen (secondary N) is 1. The van der Waals surface area contributed by atoms with E-state index in [9.17, 15) is 9.36 Å². The third-order valence-electron chi connectivity index (χ3n) is 1.28. The Labute approximate surface area is 76.4 Å². The van der Waals surface area contributed by atoms with Crippen LogP contribution in [0.4, 0.5) is 4.79 Å². The molecule has 0 bridgehead atoms. The highest BCUT2D eigenvalue weighted by Crippen LogP contribution is 2.35. The Hall–Kier alpha value is -0.580. The number of hydrogen-bond acceptors (Lipinski definition) is 3. The number of hydrogen-bond donors (Lipinski definition) is 3. The van der Waals surface area contributed by atoms with Crippen LogP contribution in [0, 0.1) is 0 Å². The quantitative estimate of drug-likeness (QED) is 0.449. The fourth-order valence-corrected chi connectivity index (χ4v) is 1.29. The maximum atomic E-state index is 10.5. The summed E-state index contributed by atoms with van der Waals surface area (Å²) < 4.78 is 15.0. The summed E-state index contributed by atoms with van der Waals surface area (Å²) in [6.45, 7) is 0.180. The first kappa shape index (κ1) is 12.4. The molecule has 78 valence electrons. The van der Waals surface area contributed by atoms with Crippen LogP contribution in [-0.2, 0) is 9.30 Å². The molecule has 0 unspecified atom stereocenters. The lowest BCUT2D eigenvalue weighted by Gasteiger charge is -2.04. The van der Waals surface area contributed by atoms with Crippen molar-refractivity contribution in [3.63, 3.8) is 0 Å². The second-order valence-electron chi connectivity index (χ2n) is 2.48. The van der Waals surface area contributed by atoms with Crippen molar-refractivity contribution < 1.29 is 23.9 Å². The summed E-state index contributed by atoms with van der Waals surface area (Å²) in [4.78, 5) is 27.4. The lowest BCUT2D eigenvalue weighted by atomic mass is 10.4. The molecule has 0 aromatic rings. The Morgan fingerprint density at radius 3 is 2.54 bits per heavy atom. The number of alkyl carbamates (subject to hydrolysis) is 1. The van der Waals surface area contributed by atoms with Crippen LogP contribution in [-0.4, -0.2) is 35.7 Å². The average molecular weight is 211 g/mol. The van der Waals surface area contributed by atoms with Gasteiger partial charge < -0.3 is 19.8 Å². The molecule has 0 aliphatic heterocycles. The molecule has 0 aromatic carbocycles. The van der Waals surface area contributed by atoms with E-state index in [2.05, 4.69) is 10.1 Å². The van der Waals surface area contributed by atoms with Crippen molar-refractivity contribution in [2.45, 2.75) is 12.8 Å². The molecular weight excluding hydrogens is 197 g/mol. The fraction of sp³-hybridized carbons (Fsp3) is 0.833. The highest BCUT2D eigenvalue weighted by atomic mass is 31.2. The van der Waals surface area contributed by atoms with E-state index in [1.807, 2.05) is 0 Å². The Morgan fingerprint density at radius 2 is 2.08 bits per heavy atom. The minimum absolute atomic E-state index is 0.163. The van der Waals surface area contributed by atoms with Crippen LogP contribution in [0.25, 0.3) is 0 Å². The van der Waals surface area contributed by atoms with Gasteiger partial charge in [0.05, 0.1) is 6.61 Å². The van der Waals surface area contributed by atoms with Gasteiger partial charge in [0.1, 0.15) is 0 Å². The van der Waals surface area contributed by atoms with Crippen molar-refractivity contribution in [3.8, 4) is 0 Å². The first-order valence-corrected chi connectivity index (χ1v) is 5.64. The molecular formula is C6H14NO5P. The van der Waals surface area contributed by atoms with Crippen LogP contribution in [0.5, 0.6) is 0 Å². The van der Waals surface area contributed by atoms with Crippen molar-refractivity contribution in [1.29, 1.82) is 0 Å². The third-order valence-corrected chi connectivity index (χ3v) is 2.18. The summed E-state index contributed by atoms with van der Waals surface area (Å²) in [7, 11) is -2.45. The molecule has 0 saturated carbocycles. The van der Waals surface area contributed by atoms with E-state index in [-0.39, 0.29) is 12.8 Å². The molecule has 0 heterocycles. The average Bonchev–Trinajstić information content (AvgIpc) is 2.01. The van der Waals surface area contributed by atoms with Crippen LogP contribution < -0.4 is 5.32 Å². The van der Waals surface area contributed by atoms with Gasteiger partial charge in [-0.3, -0.25) is 4.57 Å². The van der Waals surface area contributed by atoms with Crippen molar-refractivity contribution in [3.05, 3.63) is 0 Å². The smallest absolute Gasteiger partial charge is 0.406 e. The summed E-state index contributed by atoms with van der Waals surface area (Å²) in [6.07, 6.45) is 0.111. The second-order valence-corrected chi connectivity index (χ2v) is 4.26. The van der Waals surface area contributed by atoms with Gasteiger partial charge in [0.25, 0.3) is 0 Å². The molecule has 0 fully saturated rings. The molecule has 7 heteroatoms. The molecule has 0 spiro atoms. The molecule has 6 nitrogen and oxygen atoms in total. The van der Waals surface area contributed by atoms with Crippen molar-refractivity contribution in [2.24, 2.45) is 0 Å². The van der Waals surface area contributed by atoms with Crippen molar-refractivity contribution >= 4 is 13.7 Å². The summed E-state index contributed by atoms with van der Waals surface area (Å²) in [6, 6.07) is 0. The van der Waals surface area contributed by atoms with Crippen LogP contribution >= 0.6 is 7.60 Å². The fourth-order valence-electron chi connectivity index (χ4n) is 0.657. The Morgan fingerprint density at radius 1 is 1.46 bits per heavy atom. The Bertz CT molecular complexity index is 201. The van der Waals surface area contributed by atoms with Crippen LogP contribution in [0.2, 0.25) is 0 Å². The van der Waals surface area contributed by atoms with Gasteiger partial charge in [-0.2, -0.15) is 0 Å². The molecule has 3 N–H and O–H groups in total. The van der Waals surface area contributed by atoms with E-state index in [4.69, 9.17) is 9.79 Å². The molecule has 0 rings (SSSR count). The summed E-state index contributed by atoms with van der Waals surface area (Å²) in [5.41, 5.74) is 0. The zero-order valence-electron chi connectivity index (χ0n) is 7.39. The SMILES string of the molecule is CNC(=O)OCCCCP(=O)(O)O. The number of unbranched alkanes of at least 4 members (excludes halogenated alkanes) is 1. The molecule has 0 aliphatic carbocycles. The molecule has 0 aromatic heterocycles. The van der Waals surface area contributed by atoms with Crippen LogP contribution in [0.15, 0.2) is 0 Å². The minimum Gasteiger partial charge on any atom is -0.450 e. The number of amides is 1. The summed E-state index contributed by atoms with van der Waals surface area (Å²) >= 11 is 0. The maximum absolute atomic E-state index is 10.5. The van der Waals surface area contributed by atoms with Crippen molar-refractivity contribution in [2.75, 3.05) is 19.8 Å². The molecule has 0 radical (unpaired) electrons. The Balaban J connectivity index is 3.27.